The molecule has 1 aromatic rings. The molecule has 0 bridgehead atoms. The highest BCUT2D eigenvalue weighted by Gasteiger charge is 2.32. The van der Waals surface area contributed by atoms with Gasteiger partial charge in [-0.1, -0.05) is 29.3 Å². The van der Waals surface area contributed by atoms with Gasteiger partial charge in [0.15, 0.2) is 0 Å². The number of hydrogen-bond donors (Lipinski definition) is 0. The molecule has 5 heteroatoms. The molecule has 0 saturated carbocycles. The maximum Gasteiger partial charge on any atom is 0.316 e. The first-order chi connectivity index (χ1) is 9.90. The van der Waals surface area contributed by atoms with Crippen LogP contribution in [-0.4, -0.2) is 36.3 Å². The summed E-state index contributed by atoms with van der Waals surface area (Å²) in [5, 5.41) is 0.597. The number of aryl methyl sites for hydroxylation is 1. The molecule has 0 spiro atoms. The Labute approximate surface area is 130 Å². The van der Waals surface area contributed by atoms with Gasteiger partial charge >= 0.3 is 11.8 Å². The van der Waals surface area contributed by atoms with Gasteiger partial charge in [-0.25, -0.2) is 0 Å². The molecular weight excluding hydrogens is 288 g/mol. The van der Waals surface area contributed by atoms with E-state index in [2.05, 4.69) is 0 Å². The van der Waals surface area contributed by atoms with E-state index in [1.54, 1.807) is 11.0 Å². The standard InChI is InChI=1S/C16H19ClN2O2/c1-11(2)6-7-18-8-9-19(16(21)15(18)20)13-5-4-12(3)14(17)10-13/h4-6,10H,7-9H2,1-3H3. The minimum Gasteiger partial charge on any atom is -0.329 e. The number of carbonyl (C=O) groups is 2. The monoisotopic (exact) mass is 306 g/mol. The summed E-state index contributed by atoms with van der Waals surface area (Å²) in [5.74, 6) is -0.959. The number of carbonyl (C=O) groups excluding carboxylic acids is 2. The molecule has 112 valence electrons. The number of allylic oxidation sites excluding steroid dienone is 1. The van der Waals surface area contributed by atoms with Gasteiger partial charge in [0, 0.05) is 30.3 Å². The summed E-state index contributed by atoms with van der Waals surface area (Å²) in [5.41, 5.74) is 2.75. The highest BCUT2D eigenvalue weighted by molar-refractivity contribution is 6.41. The summed E-state index contributed by atoms with van der Waals surface area (Å²) in [7, 11) is 0. The number of nitrogens with zero attached hydrogens (tertiary/aromatic N) is 2. The normalized spacial score (nSPS) is 15.4. The van der Waals surface area contributed by atoms with E-state index in [1.165, 1.54) is 4.90 Å². The van der Waals surface area contributed by atoms with Crippen molar-refractivity contribution in [2.75, 3.05) is 24.5 Å². The van der Waals surface area contributed by atoms with Gasteiger partial charge in [-0.2, -0.15) is 0 Å². The van der Waals surface area contributed by atoms with Gasteiger partial charge in [-0.05, 0) is 38.5 Å². The zero-order chi connectivity index (χ0) is 15.6. The molecule has 2 amide bonds. The molecular formula is C16H19ClN2O2. The Morgan fingerprint density at radius 3 is 2.57 bits per heavy atom. The molecule has 0 aromatic heterocycles. The molecule has 1 aliphatic heterocycles. The first kappa shape index (κ1) is 15.6. The Balaban J connectivity index is 2.15. The van der Waals surface area contributed by atoms with Gasteiger partial charge in [0.25, 0.3) is 0 Å². The molecule has 1 saturated heterocycles. The third-order valence-electron chi connectivity index (χ3n) is 3.50. The molecule has 21 heavy (non-hydrogen) atoms. The van der Waals surface area contributed by atoms with Gasteiger partial charge < -0.3 is 9.80 Å². The van der Waals surface area contributed by atoms with Crippen LogP contribution in [0.3, 0.4) is 0 Å². The lowest BCUT2D eigenvalue weighted by Gasteiger charge is -2.33. The van der Waals surface area contributed by atoms with E-state index in [4.69, 9.17) is 11.6 Å². The lowest BCUT2D eigenvalue weighted by Crippen LogP contribution is -2.54. The summed E-state index contributed by atoms with van der Waals surface area (Å²) in [6.45, 7) is 7.33. The van der Waals surface area contributed by atoms with E-state index in [0.717, 1.165) is 11.1 Å². The smallest absolute Gasteiger partial charge is 0.316 e. The number of amides is 2. The van der Waals surface area contributed by atoms with Crippen molar-refractivity contribution >= 4 is 29.1 Å². The van der Waals surface area contributed by atoms with Crippen LogP contribution in [0.1, 0.15) is 19.4 Å². The molecule has 2 rings (SSSR count). The van der Waals surface area contributed by atoms with Crippen molar-refractivity contribution in [1.29, 1.82) is 0 Å². The molecule has 1 aromatic carbocycles. The predicted molar refractivity (Wildman–Crippen MR) is 84.6 cm³/mol. The molecule has 0 atom stereocenters. The molecule has 0 unspecified atom stereocenters. The highest BCUT2D eigenvalue weighted by Crippen LogP contribution is 2.24. The second-order valence-corrected chi connectivity index (χ2v) is 5.83. The number of hydrogen-bond acceptors (Lipinski definition) is 2. The Hall–Kier alpha value is -1.81. The zero-order valence-electron chi connectivity index (χ0n) is 12.5. The minimum atomic E-state index is -0.497. The fourth-order valence-electron chi connectivity index (χ4n) is 2.14. The number of anilines is 1. The van der Waals surface area contributed by atoms with Gasteiger partial charge in [0.1, 0.15) is 0 Å². The third-order valence-corrected chi connectivity index (χ3v) is 3.90. The van der Waals surface area contributed by atoms with Gasteiger partial charge in [0.05, 0.1) is 0 Å². The van der Waals surface area contributed by atoms with Crippen LogP contribution < -0.4 is 4.90 Å². The quantitative estimate of drug-likeness (QED) is 0.636. The highest BCUT2D eigenvalue weighted by atomic mass is 35.5. The summed E-state index contributed by atoms with van der Waals surface area (Å²) in [4.78, 5) is 27.5. The van der Waals surface area contributed by atoms with Crippen LogP contribution in [0.25, 0.3) is 0 Å². The molecule has 0 radical (unpaired) electrons. The summed E-state index contributed by atoms with van der Waals surface area (Å²) in [6, 6.07) is 5.40. The average molecular weight is 307 g/mol. The largest absolute Gasteiger partial charge is 0.329 e. The summed E-state index contributed by atoms with van der Waals surface area (Å²) >= 11 is 6.09. The van der Waals surface area contributed by atoms with Crippen molar-refractivity contribution < 1.29 is 9.59 Å². The number of rotatable bonds is 3. The first-order valence-corrected chi connectivity index (χ1v) is 7.28. The molecule has 1 aliphatic rings. The van der Waals surface area contributed by atoms with Crippen LogP contribution in [0, 0.1) is 6.92 Å². The fourth-order valence-corrected chi connectivity index (χ4v) is 2.31. The Bertz CT molecular complexity index is 606. The van der Waals surface area contributed by atoms with E-state index in [9.17, 15) is 9.59 Å². The Morgan fingerprint density at radius 1 is 1.24 bits per heavy atom. The van der Waals surface area contributed by atoms with E-state index in [0.29, 0.717) is 30.3 Å². The van der Waals surface area contributed by atoms with Gasteiger partial charge in [-0.3, -0.25) is 9.59 Å². The molecule has 0 N–H and O–H groups in total. The van der Waals surface area contributed by atoms with Crippen LogP contribution in [0.2, 0.25) is 5.02 Å². The molecule has 1 fully saturated rings. The van der Waals surface area contributed by atoms with Crippen LogP contribution >= 0.6 is 11.6 Å². The topological polar surface area (TPSA) is 40.6 Å². The molecule has 1 heterocycles. The van der Waals surface area contributed by atoms with E-state index >= 15 is 0 Å². The fraction of sp³-hybridized carbons (Fsp3) is 0.375. The maximum absolute atomic E-state index is 12.2. The minimum absolute atomic E-state index is 0.463. The number of piperazine rings is 1. The SMILES string of the molecule is CC(C)=CCN1CCN(c2ccc(C)c(Cl)c2)C(=O)C1=O. The maximum atomic E-state index is 12.2. The Kier molecular flexibility index (Phi) is 4.68. The third kappa shape index (κ3) is 3.45. The van der Waals surface area contributed by atoms with E-state index in [1.807, 2.05) is 39.0 Å². The summed E-state index contributed by atoms with van der Waals surface area (Å²) < 4.78 is 0. The van der Waals surface area contributed by atoms with Crippen molar-refractivity contribution in [2.45, 2.75) is 20.8 Å². The molecule has 4 nitrogen and oxygen atoms in total. The zero-order valence-corrected chi connectivity index (χ0v) is 13.3. The van der Waals surface area contributed by atoms with Crippen molar-refractivity contribution in [1.82, 2.24) is 4.90 Å². The molecule has 0 aliphatic carbocycles. The lowest BCUT2D eigenvalue weighted by atomic mass is 10.2. The van der Waals surface area contributed by atoms with Gasteiger partial charge in [-0.15, -0.1) is 0 Å². The lowest BCUT2D eigenvalue weighted by molar-refractivity contribution is -0.145. The second-order valence-electron chi connectivity index (χ2n) is 5.42. The van der Waals surface area contributed by atoms with E-state index in [-0.39, 0.29) is 0 Å². The van der Waals surface area contributed by atoms with Crippen molar-refractivity contribution in [3.8, 4) is 0 Å². The average Bonchev–Trinajstić information content (AvgIpc) is 2.43. The number of halogens is 1. The van der Waals surface area contributed by atoms with Crippen LogP contribution in [0.4, 0.5) is 5.69 Å². The van der Waals surface area contributed by atoms with Crippen molar-refractivity contribution in [3.05, 3.63) is 40.4 Å². The first-order valence-electron chi connectivity index (χ1n) is 6.90. The van der Waals surface area contributed by atoms with Crippen molar-refractivity contribution in [3.63, 3.8) is 0 Å². The Morgan fingerprint density at radius 2 is 1.95 bits per heavy atom. The predicted octanol–water partition coefficient (Wildman–Crippen LogP) is 2.79. The van der Waals surface area contributed by atoms with E-state index < -0.39 is 11.8 Å². The second kappa shape index (κ2) is 6.31. The van der Waals surface area contributed by atoms with Crippen LogP contribution in [0.5, 0.6) is 0 Å². The van der Waals surface area contributed by atoms with Crippen molar-refractivity contribution in [2.24, 2.45) is 0 Å². The summed E-state index contributed by atoms with van der Waals surface area (Å²) in [6.07, 6.45) is 1.95. The van der Waals surface area contributed by atoms with Gasteiger partial charge in [0.2, 0.25) is 0 Å². The van der Waals surface area contributed by atoms with Crippen LogP contribution in [0.15, 0.2) is 29.8 Å². The number of benzene rings is 1. The van der Waals surface area contributed by atoms with Crippen LogP contribution in [-0.2, 0) is 9.59 Å².